The molecule has 0 spiro atoms. The first-order chi connectivity index (χ1) is 9.99. The Morgan fingerprint density at radius 1 is 0.955 bits per heavy atom. The summed E-state index contributed by atoms with van der Waals surface area (Å²) in [5.74, 6) is 0. The number of hydrogen-bond donors (Lipinski definition) is 0. The minimum absolute atomic E-state index is 0. The van der Waals surface area contributed by atoms with Crippen molar-refractivity contribution in [3.63, 3.8) is 0 Å². The van der Waals surface area contributed by atoms with E-state index in [0.717, 1.165) is 19.3 Å². The molecule has 0 aliphatic carbocycles. The molecule has 0 rings (SSSR count). The molecule has 0 aliphatic rings. The van der Waals surface area contributed by atoms with Crippen LogP contribution in [0.2, 0.25) is 0 Å². The number of unbranched alkanes of at least 4 members (excludes halogenated alkanes) is 6. The van der Waals surface area contributed by atoms with Gasteiger partial charge in [-0.2, -0.15) is 0 Å². The van der Waals surface area contributed by atoms with E-state index < -0.39 is 10.4 Å². The third-order valence-corrected chi connectivity index (χ3v) is 3.50. The van der Waals surface area contributed by atoms with Crippen LogP contribution in [0.5, 0.6) is 0 Å². The van der Waals surface area contributed by atoms with Crippen molar-refractivity contribution in [3.05, 3.63) is 0 Å². The van der Waals surface area contributed by atoms with Crippen molar-refractivity contribution in [2.45, 2.75) is 77.7 Å². The zero-order chi connectivity index (χ0) is 16.0. The van der Waals surface area contributed by atoms with Gasteiger partial charge in [0, 0.05) is 0 Å². The van der Waals surface area contributed by atoms with Crippen LogP contribution in [-0.2, 0) is 24.4 Å². The molecule has 0 aromatic carbocycles. The van der Waals surface area contributed by atoms with Crippen LogP contribution in [0.25, 0.3) is 0 Å². The van der Waals surface area contributed by atoms with Crippen LogP contribution >= 0.6 is 0 Å². The fourth-order valence-electron chi connectivity index (χ4n) is 2.08. The molecule has 0 radical (unpaired) electrons. The zero-order valence-corrected chi connectivity index (χ0v) is 17.0. The van der Waals surface area contributed by atoms with Gasteiger partial charge < -0.3 is 9.29 Å². The van der Waals surface area contributed by atoms with E-state index in [1.807, 2.05) is 6.92 Å². The van der Waals surface area contributed by atoms with Crippen LogP contribution in [0.3, 0.4) is 0 Å². The molecule has 1 unspecified atom stereocenters. The Hall–Kier alpha value is 0.790. The van der Waals surface area contributed by atoms with Gasteiger partial charge in [-0.25, -0.2) is 13.3 Å². The minimum atomic E-state index is -4.79. The topological polar surface area (TPSA) is 84.9 Å². The monoisotopic (exact) mass is 348 g/mol. The number of hydrogen-bond acceptors (Lipinski definition) is 6. The van der Waals surface area contributed by atoms with Gasteiger partial charge >= 0.3 is 29.6 Å². The van der Waals surface area contributed by atoms with E-state index in [2.05, 4.69) is 16.1 Å². The fraction of sp³-hybridized carbons (Fsp3) is 1.00. The van der Waals surface area contributed by atoms with E-state index in [9.17, 15) is 13.0 Å². The predicted octanol–water partition coefficient (Wildman–Crippen LogP) is 0.335. The quantitative estimate of drug-likeness (QED) is 0.106. The molecule has 0 aliphatic heterocycles. The summed E-state index contributed by atoms with van der Waals surface area (Å²) >= 11 is 0. The number of rotatable bonds is 15. The Labute approximate surface area is 157 Å². The minimum Gasteiger partial charge on any atom is -0.724 e. The smallest absolute Gasteiger partial charge is 0.724 e. The second-order valence-electron chi connectivity index (χ2n) is 5.11. The molecule has 6 nitrogen and oxygen atoms in total. The van der Waals surface area contributed by atoms with Gasteiger partial charge in [-0.05, 0) is 12.8 Å². The molecule has 0 amide bonds. The van der Waals surface area contributed by atoms with E-state index in [4.69, 9.17) is 4.74 Å². The molecule has 0 saturated carbocycles. The van der Waals surface area contributed by atoms with E-state index >= 15 is 0 Å². The van der Waals surface area contributed by atoms with Crippen LogP contribution in [0, 0.1) is 0 Å². The van der Waals surface area contributed by atoms with Crippen molar-refractivity contribution >= 4 is 10.4 Å². The summed E-state index contributed by atoms with van der Waals surface area (Å²) in [6, 6.07) is 0. The SMILES string of the molecule is CCCCCCCCCC(CC)OCCOOS(=O)(=O)[O-].[Na+]. The van der Waals surface area contributed by atoms with Gasteiger partial charge in [-0.15, -0.1) is 4.33 Å². The maximum Gasteiger partial charge on any atom is 1.00 e. The van der Waals surface area contributed by atoms with Crippen LogP contribution in [0.1, 0.15) is 71.6 Å². The Morgan fingerprint density at radius 2 is 1.55 bits per heavy atom. The molecule has 0 aromatic rings. The van der Waals surface area contributed by atoms with Crippen molar-refractivity contribution in [1.82, 2.24) is 0 Å². The first-order valence-corrected chi connectivity index (χ1v) is 9.21. The first-order valence-electron chi connectivity index (χ1n) is 7.88. The molecule has 0 saturated heterocycles. The maximum absolute atomic E-state index is 10.1. The third kappa shape index (κ3) is 18.8. The Kier molecular flexibility index (Phi) is 18.9. The van der Waals surface area contributed by atoms with Gasteiger partial charge in [0.25, 0.3) is 0 Å². The summed E-state index contributed by atoms with van der Waals surface area (Å²) < 4.78 is 39.5. The van der Waals surface area contributed by atoms with Gasteiger partial charge in [0.1, 0.15) is 6.61 Å². The summed E-state index contributed by atoms with van der Waals surface area (Å²) in [5, 5.41) is 0. The van der Waals surface area contributed by atoms with Gasteiger partial charge in [0.05, 0.1) is 12.7 Å². The Balaban J connectivity index is 0. The van der Waals surface area contributed by atoms with Crippen LogP contribution in [0.4, 0.5) is 0 Å². The van der Waals surface area contributed by atoms with Crippen molar-refractivity contribution in [1.29, 1.82) is 0 Å². The van der Waals surface area contributed by atoms with E-state index in [1.54, 1.807) is 0 Å². The van der Waals surface area contributed by atoms with Gasteiger partial charge in [-0.1, -0.05) is 58.8 Å². The summed E-state index contributed by atoms with van der Waals surface area (Å²) in [7, 11) is -4.79. The summed E-state index contributed by atoms with van der Waals surface area (Å²) in [6.45, 7) is 4.40. The van der Waals surface area contributed by atoms with Crippen LogP contribution in [-0.4, -0.2) is 32.3 Å². The zero-order valence-electron chi connectivity index (χ0n) is 14.2. The second-order valence-corrected chi connectivity index (χ2v) is 6.06. The number of ether oxygens (including phenoxy) is 1. The molecule has 0 bridgehead atoms. The van der Waals surface area contributed by atoms with E-state index in [-0.39, 0.29) is 48.9 Å². The molecule has 128 valence electrons. The van der Waals surface area contributed by atoms with Crippen LogP contribution in [0.15, 0.2) is 0 Å². The molecule has 0 fully saturated rings. The standard InChI is InChI=1S/C14H30O6S.Na/c1-3-5-6-7-8-9-10-11-14(4-2)18-12-13-19-20-21(15,16)17;/h14H,3-13H2,1-2H3,(H,15,16,17);/q;+1/p-1. The molecule has 1 atom stereocenters. The van der Waals surface area contributed by atoms with E-state index in [1.165, 1.54) is 38.5 Å². The largest absolute Gasteiger partial charge is 1.00 e. The first kappa shape index (κ1) is 25.0. The predicted molar refractivity (Wildman–Crippen MR) is 79.4 cm³/mol. The normalized spacial score (nSPS) is 12.9. The summed E-state index contributed by atoms with van der Waals surface area (Å²) in [4.78, 5) is 4.25. The van der Waals surface area contributed by atoms with E-state index in [0.29, 0.717) is 0 Å². The second kappa shape index (κ2) is 16.6. The molecular weight excluding hydrogens is 319 g/mol. The molecule has 22 heavy (non-hydrogen) atoms. The van der Waals surface area contributed by atoms with Crippen molar-refractivity contribution in [3.8, 4) is 0 Å². The summed E-state index contributed by atoms with van der Waals surface area (Å²) in [6.07, 6.45) is 10.9. The molecular formula is C14H29NaO6S. The maximum atomic E-state index is 10.1. The van der Waals surface area contributed by atoms with Gasteiger partial charge in [0.15, 0.2) is 0 Å². The van der Waals surface area contributed by atoms with Gasteiger partial charge in [-0.3, -0.25) is 0 Å². The molecule has 0 heterocycles. The van der Waals surface area contributed by atoms with Crippen molar-refractivity contribution in [2.75, 3.05) is 13.2 Å². The Bertz CT molecular complexity index is 323. The average Bonchev–Trinajstić information content (AvgIpc) is 2.42. The molecule has 0 N–H and O–H groups in total. The average molecular weight is 348 g/mol. The van der Waals surface area contributed by atoms with Crippen LogP contribution < -0.4 is 29.6 Å². The van der Waals surface area contributed by atoms with Crippen molar-refractivity contribution in [2.24, 2.45) is 0 Å². The van der Waals surface area contributed by atoms with Crippen molar-refractivity contribution < 1.29 is 56.5 Å². The third-order valence-electron chi connectivity index (χ3n) is 3.24. The van der Waals surface area contributed by atoms with Gasteiger partial charge in [0.2, 0.25) is 10.4 Å². The molecule has 8 heteroatoms. The summed E-state index contributed by atoms with van der Waals surface area (Å²) in [5.41, 5.74) is 0. The molecule has 0 aromatic heterocycles. The fourth-order valence-corrected chi connectivity index (χ4v) is 2.26. The Morgan fingerprint density at radius 3 is 2.09 bits per heavy atom.